The molecule has 2 fully saturated rings. The lowest BCUT2D eigenvalue weighted by molar-refractivity contribution is -0.172. The third kappa shape index (κ3) is 1.92. The van der Waals surface area contributed by atoms with Crippen LogP contribution in [0.1, 0.15) is 40.0 Å². The minimum Gasteiger partial charge on any atom is -0.462 e. The van der Waals surface area contributed by atoms with E-state index in [2.05, 4.69) is 13.8 Å². The number of rotatable bonds is 0. The quantitative estimate of drug-likeness (QED) is 0.574. The molecule has 2 aliphatic rings. The van der Waals surface area contributed by atoms with Crippen molar-refractivity contribution in [2.45, 2.75) is 46.1 Å². The van der Waals surface area contributed by atoms with Crippen molar-refractivity contribution >= 4 is 11.8 Å². The Hall–Kier alpha value is -0.860. The number of ketones is 1. The number of Topliss-reactive ketones (excluding diaryl/α,β-unsaturated/α-hetero) is 1. The third-order valence-electron chi connectivity index (χ3n) is 3.56. The average Bonchev–Trinajstić information content (AvgIpc) is 1.97. The summed E-state index contributed by atoms with van der Waals surface area (Å²) < 4.78 is 5.31. The SMILES string of the molecule is CC1CC(=O)OC2CC(C)(C)CC(=O)C12. The minimum absolute atomic E-state index is 0.0183. The second kappa shape index (κ2) is 3.32. The van der Waals surface area contributed by atoms with Gasteiger partial charge in [0.25, 0.3) is 0 Å². The Kier molecular flexibility index (Phi) is 2.36. The van der Waals surface area contributed by atoms with Gasteiger partial charge in [-0.15, -0.1) is 0 Å². The molecule has 1 heterocycles. The fraction of sp³-hybridized carbons (Fsp3) is 0.833. The molecular formula is C12H18O3. The number of carbonyl (C=O) groups excluding carboxylic acids is 2. The second-order valence-electron chi connectivity index (χ2n) is 5.75. The molecule has 0 aromatic carbocycles. The van der Waals surface area contributed by atoms with Gasteiger partial charge in [-0.05, 0) is 17.8 Å². The summed E-state index contributed by atoms with van der Waals surface area (Å²) in [6.45, 7) is 6.11. The van der Waals surface area contributed by atoms with Crippen LogP contribution in [-0.4, -0.2) is 17.9 Å². The van der Waals surface area contributed by atoms with E-state index in [-0.39, 0.29) is 35.1 Å². The molecule has 84 valence electrons. The molecular weight excluding hydrogens is 192 g/mol. The topological polar surface area (TPSA) is 43.4 Å². The summed E-state index contributed by atoms with van der Waals surface area (Å²) in [5.74, 6) is 0.237. The largest absolute Gasteiger partial charge is 0.462 e. The van der Waals surface area contributed by atoms with Crippen molar-refractivity contribution < 1.29 is 14.3 Å². The fourth-order valence-corrected chi connectivity index (χ4v) is 2.95. The predicted molar refractivity (Wildman–Crippen MR) is 55.2 cm³/mol. The third-order valence-corrected chi connectivity index (χ3v) is 3.56. The summed E-state index contributed by atoms with van der Waals surface area (Å²) in [4.78, 5) is 23.3. The summed E-state index contributed by atoms with van der Waals surface area (Å²) in [5, 5.41) is 0. The molecule has 0 aromatic rings. The van der Waals surface area contributed by atoms with E-state index in [0.29, 0.717) is 12.8 Å². The highest BCUT2D eigenvalue weighted by Crippen LogP contribution is 2.43. The lowest BCUT2D eigenvalue weighted by atomic mass is 9.66. The molecule has 2 rings (SSSR count). The Balaban J connectivity index is 2.22. The Morgan fingerprint density at radius 2 is 2.00 bits per heavy atom. The first-order valence-corrected chi connectivity index (χ1v) is 5.61. The van der Waals surface area contributed by atoms with Gasteiger partial charge >= 0.3 is 5.97 Å². The molecule has 1 aliphatic heterocycles. The van der Waals surface area contributed by atoms with Gasteiger partial charge in [-0.1, -0.05) is 20.8 Å². The van der Waals surface area contributed by atoms with Gasteiger partial charge in [0.2, 0.25) is 0 Å². The van der Waals surface area contributed by atoms with Crippen molar-refractivity contribution in [1.82, 2.24) is 0 Å². The van der Waals surface area contributed by atoms with Crippen LogP contribution in [0, 0.1) is 17.3 Å². The first-order valence-electron chi connectivity index (χ1n) is 5.61. The molecule has 15 heavy (non-hydrogen) atoms. The smallest absolute Gasteiger partial charge is 0.306 e. The van der Waals surface area contributed by atoms with Crippen molar-refractivity contribution in [3.8, 4) is 0 Å². The minimum atomic E-state index is -0.169. The van der Waals surface area contributed by atoms with Gasteiger partial charge in [-0.2, -0.15) is 0 Å². The van der Waals surface area contributed by atoms with Crippen molar-refractivity contribution in [1.29, 1.82) is 0 Å². The Morgan fingerprint density at radius 1 is 1.33 bits per heavy atom. The van der Waals surface area contributed by atoms with Crippen molar-refractivity contribution in [2.24, 2.45) is 17.3 Å². The van der Waals surface area contributed by atoms with E-state index in [9.17, 15) is 9.59 Å². The predicted octanol–water partition coefficient (Wildman–Crippen LogP) is 1.94. The number of hydrogen-bond acceptors (Lipinski definition) is 3. The second-order valence-corrected chi connectivity index (χ2v) is 5.75. The van der Waals surface area contributed by atoms with Gasteiger partial charge < -0.3 is 4.74 Å². The van der Waals surface area contributed by atoms with Crippen LogP contribution in [0.25, 0.3) is 0 Å². The molecule has 0 aromatic heterocycles. The number of ether oxygens (including phenoxy) is 1. The molecule has 3 atom stereocenters. The maximum Gasteiger partial charge on any atom is 0.306 e. The zero-order valence-electron chi connectivity index (χ0n) is 9.58. The van der Waals surface area contributed by atoms with E-state index in [1.54, 1.807) is 0 Å². The maximum absolute atomic E-state index is 12.0. The van der Waals surface area contributed by atoms with Crippen LogP contribution in [0.5, 0.6) is 0 Å². The molecule has 1 saturated carbocycles. The van der Waals surface area contributed by atoms with Crippen molar-refractivity contribution in [3.63, 3.8) is 0 Å². The summed E-state index contributed by atoms with van der Waals surface area (Å²) >= 11 is 0. The highest BCUT2D eigenvalue weighted by Gasteiger charge is 2.47. The number of carbonyl (C=O) groups is 2. The van der Waals surface area contributed by atoms with E-state index in [1.165, 1.54) is 0 Å². The van der Waals surface area contributed by atoms with Crippen LogP contribution in [0.4, 0.5) is 0 Å². The van der Waals surface area contributed by atoms with E-state index in [1.807, 2.05) is 6.92 Å². The van der Waals surface area contributed by atoms with E-state index >= 15 is 0 Å². The van der Waals surface area contributed by atoms with Gasteiger partial charge in [0.15, 0.2) is 0 Å². The Bertz CT molecular complexity index is 306. The standard InChI is InChI=1S/C12H18O3/c1-7-4-10(14)15-9-6-12(2,3)5-8(13)11(7)9/h7,9,11H,4-6H2,1-3H3. The van der Waals surface area contributed by atoms with Gasteiger partial charge in [0.1, 0.15) is 11.9 Å². The van der Waals surface area contributed by atoms with E-state index < -0.39 is 0 Å². The zero-order valence-corrected chi connectivity index (χ0v) is 9.58. The summed E-state index contributed by atoms with van der Waals surface area (Å²) in [5.41, 5.74) is -0.0183. The van der Waals surface area contributed by atoms with Crippen LogP contribution in [0.2, 0.25) is 0 Å². The van der Waals surface area contributed by atoms with Crippen LogP contribution < -0.4 is 0 Å². The fourth-order valence-electron chi connectivity index (χ4n) is 2.95. The first kappa shape index (κ1) is 10.7. The van der Waals surface area contributed by atoms with Crippen LogP contribution in [-0.2, 0) is 14.3 Å². The zero-order chi connectivity index (χ0) is 11.2. The number of hydrogen-bond donors (Lipinski definition) is 0. The first-order chi connectivity index (χ1) is 6.89. The average molecular weight is 210 g/mol. The normalized spacial score (nSPS) is 39.5. The molecule has 0 amide bonds. The van der Waals surface area contributed by atoms with E-state index in [0.717, 1.165) is 6.42 Å². The lowest BCUT2D eigenvalue weighted by Gasteiger charge is -2.43. The van der Waals surface area contributed by atoms with E-state index in [4.69, 9.17) is 4.74 Å². The molecule has 3 nitrogen and oxygen atoms in total. The molecule has 1 aliphatic carbocycles. The van der Waals surface area contributed by atoms with Crippen LogP contribution >= 0.6 is 0 Å². The monoisotopic (exact) mass is 210 g/mol. The molecule has 3 heteroatoms. The summed E-state index contributed by atoms with van der Waals surface area (Å²) in [6, 6.07) is 0. The molecule has 0 N–H and O–H groups in total. The molecule has 3 unspecified atom stereocenters. The summed E-state index contributed by atoms with van der Waals surface area (Å²) in [7, 11) is 0. The van der Waals surface area contributed by atoms with Gasteiger partial charge in [-0.3, -0.25) is 9.59 Å². The van der Waals surface area contributed by atoms with Gasteiger partial charge in [0, 0.05) is 12.8 Å². The highest BCUT2D eigenvalue weighted by molar-refractivity contribution is 5.85. The van der Waals surface area contributed by atoms with Gasteiger partial charge in [-0.25, -0.2) is 0 Å². The number of fused-ring (bicyclic) bond motifs is 1. The van der Waals surface area contributed by atoms with Gasteiger partial charge in [0.05, 0.1) is 5.92 Å². The number of esters is 1. The van der Waals surface area contributed by atoms with Crippen molar-refractivity contribution in [2.75, 3.05) is 0 Å². The molecule has 0 bridgehead atoms. The molecule has 1 saturated heterocycles. The van der Waals surface area contributed by atoms with Crippen LogP contribution in [0.3, 0.4) is 0 Å². The summed E-state index contributed by atoms with van der Waals surface area (Å²) in [6.07, 6.45) is 1.67. The van der Waals surface area contributed by atoms with Crippen molar-refractivity contribution in [3.05, 3.63) is 0 Å². The lowest BCUT2D eigenvalue weighted by Crippen LogP contribution is -2.49. The Labute approximate surface area is 90.2 Å². The maximum atomic E-state index is 12.0. The van der Waals surface area contributed by atoms with Crippen LogP contribution in [0.15, 0.2) is 0 Å². The molecule has 0 radical (unpaired) electrons. The molecule has 0 spiro atoms. The highest BCUT2D eigenvalue weighted by atomic mass is 16.5. The Morgan fingerprint density at radius 3 is 2.67 bits per heavy atom.